The summed E-state index contributed by atoms with van der Waals surface area (Å²) in [5.41, 5.74) is 2.85. The summed E-state index contributed by atoms with van der Waals surface area (Å²) in [6, 6.07) is 10.8. The van der Waals surface area contributed by atoms with Gasteiger partial charge in [-0.15, -0.1) is 11.3 Å². The predicted octanol–water partition coefficient (Wildman–Crippen LogP) is 3.51. The number of rotatable bonds is 5. The summed E-state index contributed by atoms with van der Waals surface area (Å²) in [4.78, 5) is 36.0. The van der Waals surface area contributed by atoms with Gasteiger partial charge in [0, 0.05) is 22.8 Å². The molecule has 0 spiro atoms. The van der Waals surface area contributed by atoms with E-state index >= 15 is 0 Å². The van der Waals surface area contributed by atoms with Crippen LogP contribution in [0.2, 0.25) is 0 Å². The smallest absolute Gasteiger partial charge is 0.257 e. The van der Waals surface area contributed by atoms with Gasteiger partial charge in [-0.05, 0) is 49.6 Å². The summed E-state index contributed by atoms with van der Waals surface area (Å²) in [6.45, 7) is 0.504. The van der Waals surface area contributed by atoms with Crippen molar-refractivity contribution in [3.05, 3.63) is 70.6 Å². The highest BCUT2D eigenvalue weighted by molar-refractivity contribution is 7.16. The summed E-state index contributed by atoms with van der Waals surface area (Å²) in [7, 11) is 0. The van der Waals surface area contributed by atoms with E-state index in [2.05, 4.69) is 20.6 Å². The highest BCUT2D eigenvalue weighted by Gasteiger charge is 2.30. The second-order valence-corrected chi connectivity index (χ2v) is 9.29. The fraction of sp³-hybridized carbons (Fsp3) is 0.250. The summed E-state index contributed by atoms with van der Waals surface area (Å²) >= 11 is 1.43. The number of aryl methyl sites for hydroxylation is 1. The molecule has 1 aliphatic heterocycles. The van der Waals surface area contributed by atoms with Crippen LogP contribution < -0.4 is 20.1 Å². The molecule has 3 aromatic heterocycles. The molecule has 0 saturated heterocycles. The molecule has 1 aliphatic carbocycles. The second kappa shape index (κ2) is 8.45. The largest absolute Gasteiger partial charge is 0.454 e. The monoisotopic (exact) mass is 475 g/mol. The third-order valence-electron chi connectivity index (χ3n) is 5.98. The van der Waals surface area contributed by atoms with E-state index in [4.69, 9.17) is 9.47 Å². The van der Waals surface area contributed by atoms with Gasteiger partial charge in [-0.3, -0.25) is 14.9 Å². The fourth-order valence-corrected chi connectivity index (χ4v) is 5.37. The minimum atomic E-state index is -0.340. The lowest BCUT2D eigenvalue weighted by Crippen LogP contribution is -2.31. The van der Waals surface area contributed by atoms with Gasteiger partial charge in [0.15, 0.2) is 16.6 Å². The molecule has 4 heterocycles. The lowest BCUT2D eigenvalue weighted by Gasteiger charge is -2.20. The van der Waals surface area contributed by atoms with E-state index in [9.17, 15) is 9.59 Å². The van der Waals surface area contributed by atoms with E-state index in [0.29, 0.717) is 28.7 Å². The number of anilines is 1. The standard InChI is InChI=1S/C24H21N5O4S/c30-22(14-7-8-17-18(10-14)33-13-32-17)28-24-27-21-16(4-3-5-19(21)34-24)23(31)25-11-15-12-29-9-2-1-6-20(29)26-15/h1-2,6-10,12,16H,3-5,11,13H2,(H,25,31)(H,27,28,30). The van der Waals surface area contributed by atoms with Crippen LogP contribution in [0.15, 0.2) is 48.8 Å². The molecule has 2 aliphatic rings. The van der Waals surface area contributed by atoms with Crippen LogP contribution in [0.3, 0.4) is 0 Å². The average molecular weight is 476 g/mol. The number of hydrogen-bond donors (Lipinski definition) is 2. The molecule has 6 rings (SSSR count). The first kappa shape index (κ1) is 20.7. The van der Waals surface area contributed by atoms with Crippen molar-refractivity contribution in [3.63, 3.8) is 0 Å². The quantitative estimate of drug-likeness (QED) is 0.458. The van der Waals surface area contributed by atoms with Crippen molar-refractivity contribution >= 4 is 33.9 Å². The molecule has 10 heteroatoms. The number of nitrogens with one attached hydrogen (secondary N) is 2. The molecule has 0 radical (unpaired) electrons. The molecule has 2 amide bonds. The van der Waals surface area contributed by atoms with Crippen LogP contribution in [-0.4, -0.2) is 33.0 Å². The maximum Gasteiger partial charge on any atom is 0.257 e. The number of amides is 2. The molecular weight excluding hydrogens is 454 g/mol. The number of carbonyl (C=O) groups is 2. The number of pyridine rings is 1. The minimum absolute atomic E-state index is 0.0723. The lowest BCUT2D eigenvalue weighted by molar-refractivity contribution is -0.123. The number of imidazole rings is 1. The van der Waals surface area contributed by atoms with E-state index in [1.807, 2.05) is 35.0 Å². The van der Waals surface area contributed by atoms with Gasteiger partial charge in [0.2, 0.25) is 12.7 Å². The van der Waals surface area contributed by atoms with Gasteiger partial charge in [0.05, 0.1) is 23.9 Å². The van der Waals surface area contributed by atoms with Crippen LogP contribution in [0, 0.1) is 0 Å². The molecule has 9 nitrogen and oxygen atoms in total. The zero-order chi connectivity index (χ0) is 23.1. The Hall–Kier alpha value is -3.92. The van der Waals surface area contributed by atoms with Crippen molar-refractivity contribution in [3.8, 4) is 11.5 Å². The van der Waals surface area contributed by atoms with Gasteiger partial charge in [0.1, 0.15) is 5.65 Å². The van der Waals surface area contributed by atoms with Crippen molar-refractivity contribution in [1.82, 2.24) is 19.7 Å². The van der Waals surface area contributed by atoms with Gasteiger partial charge in [-0.1, -0.05) is 6.07 Å². The van der Waals surface area contributed by atoms with E-state index in [1.165, 1.54) is 11.3 Å². The Morgan fingerprint density at radius 3 is 2.97 bits per heavy atom. The highest BCUT2D eigenvalue weighted by atomic mass is 32.1. The van der Waals surface area contributed by atoms with Crippen molar-refractivity contribution in [2.75, 3.05) is 12.1 Å². The molecule has 1 unspecified atom stereocenters. The Kier molecular flexibility index (Phi) is 5.14. The van der Waals surface area contributed by atoms with Crippen LogP contribution >= 0.6 is 11.3 Å². The summed E-state index contributed by atoms with van der Waals surface area (Å²) in [5, 5.41) is 6.37. The maximum atomic E-state index is 13.0. The first-order chi connectivity index (χ1) is 16.6. The third-order valence-corrected chi connectivity index (χ3v) is 7.03. The van der Waals surface area contributed by atoms with Crippen LogP contribution in [0.4, 0.5) is 5.13 Å². The molecule has 0 bridgehead atoms. The van der Waals surface area contributed by atoms with Crippen LogP contribution in [0.1, 0.15) is 45.4 Å². The first-order valence-electron chi connectivity index (χ1n) is 11.0. The maximum absolute atomic E-state index is 13.0. The Bertz CT molecular complexity index is 1380. The third kappa shape index (κ3) is 3.86. The number of aromatic nitrogens is 3. The van der Waals surface area contributed by atoms with Gasteiger partial charge < -0.3 is 19.2 Å². The van der Waals surface area contributed by atoms with Gasteiger partial charge in [0.25, 0.3) is 5.91 Å². The Labute approximate surface area is 198 Å². The van der Waals surface area contributed by atoms with E-state index < -0.39 is 0 Å². The van der Waals surface area contributed by atoms with Crippen molar-refractivity contribution < 1.29 is 19.1 Å². The second-order valence-electron chi connectivity index (χ2n) is 8.21. The predicted molar refractivity (Wildman–Crippen MR) is 125 cm³/mol. The van der Waals surface area contributed by atoms with Crippen LogP contribution in [-0.2, 0) is 17.8 Å². The van der Waals surface area contributed by atoms with Crippen molar-refractivity contribution in [1.29, 1.82) is 0 Å². The van der Waals surface area contributed by atoms with E-state index in [1.54, 1.807) is 18.2 Å². The molecule has 0 fully saturated rings. The van der Waals surface area contributed by atoms with Crippen molar-refractivity contribution in [2.24, 2.45) is 0 Å². The zero-order valence-corrected chi connectivity index (χ0v) is 18.9. The normalized spacial score (nSPS) is 16.3. The SMILES string of the molecule is O=C(Nc1nc2c(s1)CCCC2C(=O)NCc1cn2ccccc2n1)c1ccc2c(c1)OCO2. The fourth-order valence-electron chi connectivity index (χ4n) is 4.31. The number of carbonyl (C=O) groups excluding carboxylic acids is 2. The minimum Gasteiger partial charge on any atom is -0.454 e. The topological polar surface area (TPSA) is 107 Å². The number of hydrogen-bond acceptors (Lipinski definition) is 7. The first-order valence-corrected chi connectivity index (χ1v) is 11.9. The molecule has 2 N–H and O–H groups in total. The number of ether oxygens (including phenoxy) is 2. The van der Waals surface area contributed by atoms with Crippen LogP contribution in [0.25, 0.3) is 5.65 Å². The lowest BCUT2D eigenvalue weighted by atomic mass is 9.90. The van der Waals surface area contributed by atoms with E-state index in [0.717, 1.165) is 41.2 Å². The van der Waals surface area contributed by atoms with Crippen LogP contribution in [0.5, 0.6) is 11.5 Å². The molecule has 1 aromatic carbocycles. The van der Waals surface area contributed by atoms with Gasteiger partial charge in [-0.2, -0.15) is 0 Å². The molecule has 0 saturated carbocycles. The Balaban J connectivity index is 1.14. The summed E-state index contributed by atoms with van der Waals surface area (Å²) in [5.74, 6) is 0.481. The molecule has 4 aromatic rings. The Morgan fingerprint density at radius 1 is 1.15 bits per heavy atom. The molecule has 34 heavy (non-hydrogen) atoms. The number of fused-ring (bicyclic) bond motifs is 3. The molecular formula is C24H21N5O4S. The molecule has 172 valence electrons. The number of nitrogens with zero attached hydrogens (tertiary/aromatic N) is 3. The number of thiazole rings is 1. The Morgan fingerprint density at radius 2 is 2.06 bits per heavy atom. The zero-order valence-electron chi connectivity index (χ0n) is 18.1. The van der Waals surface area contributed by atoms with Crippen molar-refractivity contribution in [2.45, 2.75) is 31.7 Å². The highest BCUT2D eigenvalue weighted by Crippen LogP contribution is 2.37. The van der Waals surface area contributed by atoms with E-state index in [-0.39, 0.29) is 24.5 Å². The average Bonchev–Trinajstić information content (AvgIpc) is 3.58. The van der Waals surface area contributed by atoms with Gasteiger partial charge >= 0.3 is 0 Å². The number of benzene rings is 1. The molecule has 1 atom stereocenters. The van der Waals surface area contributed by atoms with Gasteiger partial charge in [-0.25, -0.2) is 9.97 Å². The summed E-state index contributed by atoms with van der Waals surface area (Å²) in [6.07, 6.45) is 6.31. The summed E-state index contributed by atoms with van der Waals surface area (Å²) < 4.78 is 12.6.